The van der Waals surface area contributed by atoms with E-state index in [1.807, 2.05) is 18.2 Å². The Kier molecular flexibility index (Phi) is 5.08. The van der Waals surface area contributed by atoms with Crippen molar-refractivity contribution in [2.45, 2.75) is 20.0 Å². The summed E-state index contributed by atoms with van der Waals surface area (Å²) in [6.45, 7) is 5.10. The van der Waals surface area contributed by atoms with Gasteiger partial charge in [0.05, 0.1) is 7.11 Å². The quantitative estimate of drug-likeness (QED) is 0.754. The van der Waals surface area contributed by atoms with E-state index in [0.717, 1.165) is 41.4 Å². The summed E-state index contributed by atoms with van der Waals surface area (Å²) in [6, 6.07) is 12.2. The van der Waals surface area contributed by atoms with Gasteiger partial charge in [-0.25, -0.2) is 0 Å². The van der Waals surface area contributed by atoms with Gasteiger partial charge in [0.25, 0.3) is 0 Å². The summed E-state index contributed by atoms with van der Waals surface area (Å²) in [4.78, 5) is 2.36. The number of methoxy groups -OCH3 is 1. The summed E-state index contributed by atoms with van der Waals surface area (Å²) in [5.41, 5.74) is 2.38. The van der Waals surface area contributed by atoms with Crippen LogP contribution in [0.25, 0.3) is 0 Å². The van der Waals surface area contributed by atoms with Gasteiger partial charge >= 0.3 is 0 Å². The third-order valence-corrected chi connectivity index (χ3v) is 4.42. The lowest BCUT2D eigenvalue weighted by atomic mass is 10.1. The zero-order valence-electron chi connectivity index (χ0n) is 13.3. The number of fused-ring (bicyclic) bond motifs is 1. The molecule has 0 fully saturated rings. The molecular weight excluding hydrogens is 358 g/mol. The van der Waals surface area contributed by atoms with Gasteiger partial charge in [0.2, 0.25) is 6.79 Å². The highest BCUT2D eigenvalue weighted by atomic mass is 79.9. The number of nitrogens with zero attached hydrogens (tertiary/aromatic N) is 1. The lowest BCUT2D eigenvalue weighted by molar-refractivity contribution is 0.174. The molecule has 1 heterocycles. The van der Waals surface area contributed by atoms with Crippen LogP contribution in [0.4, 0.5) is 0 Å². The van der Waals surface area contributed by atoms with Crippen molar-refractivity contribution >= 4 is 15.9 Å². The predicted molar refractivity (Wildman–Crippen MR) is 93.0 cm³/mol. The van der Waals surface area contributed by atoms with E-state index < -0.39 is 0 Å². The summed E-state index contributed by atoms with van der Waals surface area (Å²) in [7, 11) is 1.71. The van der Waals surface area contributed by atoms with Crippen molar-refractivity contribution in [1.82, 2.24) is 4.90 Å². The Labute approximate surface area is 145 Å². The average Bonchev–Trinajstić information content (AvgIpc) is 3.02. The molecule has 23 heavy (non-hydrogen) atoms. The minimum Gasteiger partial charge on any atom is -0.496 e. The number of hydrogen-bond donors (Lipinski definition) is 0. The van der Waals surface area contributed by atoms with E-state index in [0.29, 0.717) is 6.79 Å². The molecule has 0 saturated carbocycles. The maximum atomic E-state index is 5.47. The maximum absolute atomic E-state index is 5.47. The van der Waals surface area contributed by atoms with Crippen LogP contribution in [0, 0.1) is 0 Å². The molecule has 0 saturated heterocycles. The van der Waals surface area contributed by atoms with E-state index in [-0.39, 0.29) is 0 Å². The van der Waals surface area contributed by atoms with Gasteiger partial charge in [0, 0.05) is 23.1 Å². The highest BCUT2D eigenvalue weighted by Gasteiger charge is 2.15. The molecule has 0 N–H and O–H groups in total. The molecule has 2 aromatic rings. The molecule has 2 aromatic carbocycles. The molecule has 0 spiro atoms. The van der Waals surface area contributed by atoms with Crippen LogP contribution in [0.15, 0.2) is 40.9 Å². The Hall–Kier alpha value is -1.72. The van der Waals surface area contributed by atoms with Crippen molar-refractivity contribution in [2.75, 3.05) is 20.4 Å². The molecule has 0 amide bonds. The summed E-state index contributed by atoms with van der Waals surface area (Å²) < 4.78 is 17.4. The summed E-state index contributed by atoms with van der Waals surface area (Å²) >= 11 is 3.53. The number of hydrogen-bond acceptors (Lipinski definition) is 4. The average molecular weight is 378 g/mol. The van der Waals surface area contributed by atoms with Gasteiger partial charge in [0.1, 0.15) is 5.75 Å². The second-order valence-electron chi connectivity index (χ2n) is 5.45. The number of ether oxygens (including phenoxy) is 3. The molecule has 0 unspecified atom stereocenters. The minimum absolute atomic E-state index is 0.311. The molecule has 0 atom stereocenters. The molecule has 3 rings (SSSR count). The fourth-order valence-corrected chi connectivity index (χ4v) is 3.10. The Morgan fingerprint density at radius 3 is 2.70 bits per heavy atom. The number of benzene rings is 2. The summed E-state index contributed by atoms with van der Waals surface area (Å²) in [5, 5.41) is 0. The fraction of sp³-hybridized carbons (Fsp3) is 0.333. The van der Waals surface area contributed by atoms with Crippen LogP contribution in [0.2, 0.25) is 0 Å². The Morgan fingerprint density at radius 2 is 1.91 bits per heavy atom. The Bertz CT molecular complexity index is 690. The first-order valence-corrected chi connectivity index (χ1v) is 8.42. The van der Waals surface area contributed by atoms with Crippen LogP contribution >= 0.6 is 15.9 Å². The highest BCUT2D eigenvalue weighted by molar-refractivity contribution is 9.10. The van der Waals surface area contributed by atoms with Gasteiger partial charge < -0.3 is 14.2 Å². The summed E-state index contributed by atoms with van der Waals surface area (Å²) in [6.07, 6.45) is 0. The normalized spacial score (nSPS) is 12.7. The lowest BCUT2D eigenvalue weighted by Crippen LogP contribution is -2.22. The van der Waals surface area contributed by atoms with E-state index in [2.05, 4.69) is 46.0 Å². The van der Waals surface area contributed by atoms with Crippen molar-refractivity contribution < 1.29 is 14.2 Å². The molecule has 4 nitrogen and oxygen atoms in total. The van der Waals surface area contributed by atoms with E-state index in [1.165, 1.54) is 11.1 Å². The number of halogens is 1. The van der Waals surface area contributed by atoms with E-state index in [1.54, 1.807) is 7.11 Å². The topological polar surface area (TPSA) is 30.9 Å². The standard InChI is InChI=1S/C18H20BrNO3/c1-3-20(11-14-9-15(19)5-7-16(14)21-2)10-13-4-6-17-18(8-13)23-12-22-17/h4-9H,3,10-12H2,1-2H3. The molecular formula is C18H20BrNO3. The molecule has 5 heteroatoms. The Balaban J connectivity index is 1.74. The molecule has 122 valence electrons. The number of rotatable bonds is 6. The Morgan fingerprint density at radius 1 is 1.09 bits per heavy atom. The molecule has 0 radical (unpaired) electrons. The van der Waals surface area contributed by atoms with Crippen molar-refractivity contribution in [1.29, 1.82) is 0 Å². The third-order valence-electron chi connectivity index (χ3n) is 3.93. The monoisotopic (exact) mass is 377 g/mol. The van der Waals surface area contributed by atoms with Crippen LogP contribution in [0.1, 0.15) is 18.1 Å². The lowest BCUT2D eigenvalue weighted by Gasteiger charge is -2.22. The predicted octanol–water partition coefficient (Wildman–Crippen LogP) is 4.21. The van der Waals surface area contributed by atoms with Crippen molar-refractivity contribution in [3.8, 4) is 17.2 Å². The summed E-state index contributed by atoms with van der Waals surface area (Å²) in [5.74, 6) is 2.57. The largest absolute Gasteiger partial charge is 0.496 e. The molecule has 0 aromatic heterocycles. The molecule has 1 aliphatic heterocycles. The van der Waals surface area contributed by atoms with Crippen LogP contribution in [-0.4, -0.2) is 25.3 Å². The van der Waals surface area contributed by atoms with Crippen molar-refractivity contribution in [3.05, 3.63) is 52.0 Å². The van der Waals surface area contributed by atoms with E-state index >= 15 is 0 Å². The second-order valence-corrected chi connectivity index (χ2v) is 6.36. The van der Waals surface area contributed by atoms with Crippen LogP contribution in [-0.2, 0) is 13.1 Å². The van der Waals surface area contributed by atoms with E-state index in [9.17, 15) is 0 Å². The van der Waals surface area contributed by atoms with Crippen LogP contribution < -0.4 is 14.2 Å². The first-order chi connectivity index (χ1) is 11.2. The van der Waals surface area contributed by atoms with Gasteiger partial charge in [-0.05, 0) is 42.4 Å². The SMILES string of the molecule is CCN(Cc1ccc2c(c1)OCO2)Cc1cc(Br)ccc1OC. The van der Waals surface area contributed by atoms with Crippen molar-refractivity contribution in [3.63, 3.8) is 0 Å². The zero-order chi connectivity index (χ0) is 16.2. The van der Waals surface area contributed by atoms with Gasteiger partial charge in [0.15, 0.2) is 11.5 Å². The fourth-order valence-electron chi connectivity index (χ4n) is 2.69. The zero-order valence-corrected chi connectivity index (χ0v) is 14.9. The molecule has 0 aliphatic carbocycles. The second kappa shape index (κ2) is 7.23. The smallest absolute Gasteiger partial charge is 0.231 e. The van der Waals surface area contributed by atoms with Crippen LogP contribution in [0.5, 0.6) is 17.2 Å². The first-order valence-electron chi connectivity index (χ1n) is 7.63. The molecule has 0 bridgehead atoms. The third kappa shape index (κ3) is 3.79. The minimum atomic E-state index is 0.311. The van der Waals surface area contributed by atoms with Gasteiger partial charge in [-0.3, -0.25) is 4.90 Å². The molecule has 1 aliphatic rings. The first kappa shape index (κ1) is 16.1. The maximum Gasteiger partial charge on any atom is 0.231 e. The van der Waals surface area contributed by atoms with E-state index in [4.69, 9.17) is 14.2 Å². The van der Waals surface area contributed by atoms with Gasteiger partial charge in [-0.2, -0.15) is 0 Å². The van der Waals surface area contributed by atoms with Gasteiger partial charge in [-0.1, -0.05) is 28.9 Å². The van der Waals surface area contributed by atoms with Crippen molar-refractivity contribution in [2.24, 2.45) is 0 Å². The van der Waals surface area contributed by atoms with Gasteiger partial charge in [-0.15, -0.1) is 0 Å². The van der Waals surface area contributed by atoms with Crippen LogP contribution in [0.3, 0.4) is 0 Å². The highest BCUT2D eigenvalue weighted by Crippen LogP contribution is 2.33.